The molecule has 0 fully saturated rings. The fourth-order valence-electron chi connectivity index (χ4n) is 1.78. The van der Waals surface area contributed by atoms with Crippen molar-refractivity contribution >= 4 is 23.2 Å². The summed E-state index contributed by atoms with van der Waals surface area (Å²) in [6.07, 6.45) is 4.20. The van der Waals surface area contributed by atoms with Crippen LogP contribution in [0.25, 0.3) is 16.7 Å². The summed E-state index contributed by atoms with van der Waals surface area (Å²) in [4.78, 5) is 12.2. The molecule has 19 heavy (non-hydrogen) atoms. The smallest absolute Gasteiger partial charge is 0.168 e. The zero-order valence-electron chi connectivity index (χ0n) is 9.80. The van der Waals surface area contributed by atoms with E-state index in [1.807, 2.05) is 35.8 Å². The van der Waals surface area contributed by atoms with E-state index in [9.17, 15) is 0 Å². The van der Waals surface area contributed by atoms with Gasteiger partial charge in [-0.25, -0.2) is 19.6 Å². The molecule has 7 nitrogen and oxygen atoms in total. The van der Waals surface area contributed by atoms with Gasteiger partial charge in [0.05, 0.1) is 17.3 Å². The molecule has 3 rings (SSSR count). The molecule has 2 N–H and O–H groups in total. The number of rotatable bonds is 3. The van der Waals surface area contributed by atoms with Gasteiger partial charge in [0.25, 0.3) is 0 Å². The van der Waals surface area contributed by atoms with Crippen molar-refractivity contribution in [1.29, 1.82) is 0 Å². The van der Waals surface area contributed by atoms with E-state index in [4.69, 9.17) is 5.21 Å². The summed E-state index contributed by atoms with van der Waals surface area (Å²) in [5, 5.41) is 13.5. The molecular formula is C12H10N6O. The van der Waals surface area contributed by atoms with E-state index < -0.39 is 0 Å². The molecule has 0 spiro atoms. The van der Waals surface area contributed by atoms with E-state index in [2.05, 4.69) is 20.1 Å². The Hall–Kier alpha value is -2.80. The van der Waals surface area contributed by atoms with Crippen LogP contribution in [0.3, 0.4) is 0 Å². The first kappa shape index (κ1) is 11.3. The van der Waals surface area contributed by atoms with Gasteiger partial charge in [0, 0.05) is 0 Å². The molecule has 0 radical (unpaired) electrons. The van der Waals surface area contributed by atoms with Crippen molar-refractivity contribution in [2.75, 3.05) is 0 Å². The van der Waals surface area contributed by atoms with E-state index >= 15 is 0 Å². The Morgan fingerprint density at radius 2 is 2.05 bits per heavy atom. The van der Waals surface area contributed by atoms with Crippen LogP contribution >= 0.6 is 0 Å². The number of nitrogens with zero attached hydrogens (tertiary/aromatic N) is 5. The maximum Gasteiger partial charge on any atom is 0.168 e. The molecule has 2 aromatic heterocycles. The third-order valence-corrected chi connectivity index (χ3v) is 2.59. The highest BCUT2D eigenvalue weighted by Gasteiger charge is 2.09. The summed E-state index contributed by atoms with van der Waals surface area (Å²) in [5.74, 6) is 0.439. The fraction of sp³-hybridized carbons (Fsp3) is 0. The summed E-state index contributed by atoms with van der Waals surface area (Å²) >= 11 is 0. The maximum atomic E-state index is 8.52. The summed E-state index contributed by atoms with van der Waals surface area (Å²) in [6.45, 7) is 0. The van der Waals surface area contributed by atoms with Gasteiger partial charge in [-0.05, 0) is 12.1 Å². The molecule has 0 saturated heterocycles. The Morgan fingerprint density at radius 1 is 1.21 bits per heavy atom. The second-order valence-corrected chi connectivity index (χ2v) is 3.71. The number of hydrogen-bond donors (Lipinski definition) is 2. The Morgan fingerprint density at radius 3 is 2.84 bits per heavy atom. The minimum atomic E-state index is 0.439. The van der Waals surface area contributed by atoms with Crippen LogP contribution in [0.4, 0.5) is 5.82 Å². The second-order valence-electron chi connectivity index (χ2n) is 3.71. The van der Waals surface area contributed by atoms with Crippen LogP contribution < -0.4 is 5.48 Å². The molecule has 0 aliphatic rings. The average Bonchev–Trinajstić information content (AvgIpc) is 2.90. The Balaban J connectivity index is 2.17. The molecule has 0 aliphatic heterocycles. The van der Waals surface area contributed by atoms with Crippen molar-refractivity contribution in [2.45, 2.75) is 0 Å². The Bertz CT molecular complexity index is 721. The predicted molar refractivity (Wildman–Crippen MR) is 69.7 cm³/mol. The molecule has 0 aliphatic carbocycles. The number of nitrogens with one attached hydrogen (secondary N) is 1. The van der Waals surface area contributed by atoms with Gasteiger partial charge >= 0.3 is 0 Å². The number of fused-ring (bicyclic) bond motifs is 1. The second kappa shape index (κ2) is 4.83. The molecular weight excluding hydrogens is 244 g/mol. The van der Waals surface area contributed by atoms with Crippen LogP contribution in [-0.4, -0.2) is 31.3 Å². The lowest BCUT2D eigenvalue weighted by Gasteiger charge is -2.01. The summed E-state index contributed by atoms with van der Waals surface area (Å²) in [7, 11) is 0. The largest absolute Gasteiger partial charge is 0.290 e. The van der Waals surface area contributed by atoms with Gasteiger partial charge in [0.2, 0.25) is 0 Å². The van der Waals surface area contributed by atoms with Gasteiger partial charge in [0.15, 0.2) is 11.5 Å². The molecule has 0 bridgehead atoms. The van der Waals surface area contributed by atoms with Crippen molar-refractivity contribution in [1.82, 2.24) is 25.2 Å². The Kier molecular flexibility index (Phi) is 2.87. The van der Waals surface area contributed by atoms with E-state index in [0.29, 0.717) is 16.9 Å². The van der Waals surface area contributed by atoms with Crippen molar-refractivity contribution in [3.05, 3.63) is 42.9 Å². The first-order valence-electron chi connectivity index (χ1n) is 5.56. The van der Waals surface area contributed by atoms with Gasteiger partial charge in [0.1, 0.15) is 12.7 Å². The molecule has 0 saturated carbocycles. The molecule has 94 valence electrons. The molecule has 1 aromatic carbocycles. The van der Waals surface area contributed by atoms with Crippen molar-refractivity contribution in [2.24, 2.45) is 4.99 Å². The van der Waals surface area contributed by atoms with Crippen molar-refractivity contribution in [3.8, 4) is 5.69 Å². The average molecular weight is 254 g/mol. The zero-order chi connectivity index (χ0) is 13.1. The molecule has 2 heterocycles. The van der Waals surface area contributed by atoms with E-state index in [1.54, 1.807) is 10.9 Å². The third-order valence-electron chi connectivity index (χ3n) is 2.59. The molecule has 0 amide bonds. The number of aliphatic imine (C=N–C) groups is 1. The number of hydrogen-bond acceptors (Lipinski definition) is 5. The summed E-state index contributed by atoms with van der Waals surface area (Å²) in [5.41, 5.74) is 3.41. The number of para-hydroxylation sites is 1. The lowest BCUT2D eigenvalue weighted by atomic mass is 10.3. The van der Waals surface area contributed by atoms with Gasteiger partial charge in [-0.2, -0.15) is 5.10 Å². The third kappa shape index (κ3) is 2.02. The fourth-order valence-corrected chi connectivity index (χ4v) is 1.78. The van der Waals surface area contributed by atoms with Crippen LogP contribution in [0.5, 0.6) is 0 Å². The van der Waals surface area contributed by atoms with Gasteiger partial charge in [-0.15, -0.1) is 0 Å². The topological polar surface area (TPSA) is 88.2 Å². The maximum absolute atomic E-state index is 8.52. The van der Waals surface area contributed by atoms with Gasteiger partial charge < -0.3 is 0 Å². The van der Waals surface area contributed by atoms with Crippen molar-refractivity contribution in [3.63, 3.8) is 0 Å². The highest BCUT2D eigenvalue weighted by atomic mass is 16.5. The van der Waals surface area contributed by atoms with E-state index in [-0.39, 0.29) is 0 Å². The van der Waals surface area contributed by atoms with Gasteiger partial charge in [-0.3, -0.25) is 10.7 Å². The monoisotopic (exact) mass is 254 g/mol. The summed E-state index contributed by atoms with van der Waals surface area (Å²) in [6, 6.07) is 9.67. The van der Waals surface area contributed by atoms with E-state index in [0.717, 1.165) is 12.0 Å². The highest BCUT2D eigenvalue weighted by Crippen LogP contribution is 2.22. The minimum Gasteiger partial charge on any atom is -0.290 e. The van der Waals surface area contributed by atoms with Crippen LogP contribution in [0, 0.1) is 0 Å². The number of hydroxylamine groups is 1. The lowest BCUT2D eigenvalue weighted by Crippen LogP contribution is -2.01. The standard InChI is InChI=1S/C12H10N6O/c19-17-8-14-11-10-6-16-18(12(10)15-7-13-11)9-4-2-1-3-5-9/h1-8,19H,(H,13,14,15,17). The SMILES string of the molecule is ON/C=N/c1ncnc2c1cnn2-c1ccccc1. The predicted octanol–water partition coefficient (Wildman–Crippen LogP) is 1.45. The van der Waals surface area contributed by atoms with E-state index in [1.165, 1.54) is 6.33 Å². The molecule has 7 heteroatoms. The van der Waals surface area contributed by atoms with Gasteiger partial charge in [-0.1, -0.05) is 18.2 Å². The lowest BCUT2D eigenvalue weighted by molar-refractivity contribution is 0.240. The summed E-state index contributed by atoms with van der Waals surface area (Å²) < 4.78 is 1.71. The van der Waals surface area contributed by atoms with Crippen LogP contribution in [0.1, 0.15) is 0 Å². The molecule has 0 atom stereocenters. The molecule has 3 aromatic rings. The number of aromatic nitrogens is 4. The molecule has 0 unspecified atom stereocenters. The quantitative estimate of drug-likeness (QED) is 0.419. The highest BCUT2D eigenvalue weighted by molar-refractivity contribution is 5.86. The normalized spacial score (nSPS) is 11.2. The Labute approximate surface area is 108 Å². The first-order chi connectivity index (χ1) is 9.40. The zero-order valence-corrected chi connectivity index (χ0v) is 9.80. The van der Waals surface area contributed by atoms with Crippen LogP contribution in [0.15, 0.2) is 47.8 Å². The minimum absolute atomic E-state index is 0.439. The van der Waals surface area contributed by atoms with Crippen LogP contribution in [0.2, 0.25) is 0 Å². The first-order valence-corrected chi connectivity index (χ1v) is 5.56. The van der Waals surface area contributed by atoms with Crippen molar-refractivity contribution < 1.29 is 5.21 Å². The number of benzene rings is 1. The van der Waals surface area contributed by atoms with Crippen LogP contribution in [-0.2, 0) is 0 Å².